The number of carbonyl (C=O) groups excluding carboxylic acids is 1. The number of aliphatic hydroxyl groups excluding tert-OH is 1. The second kappa shape index (κ2) is 15.7. The molecule has 0 saturated carbocycles. The third-order valence-electron chi connectivity index (χ3n) is 8.18. The highest BCUT2D eigenvalue weighted by Crippen LogP contribution is 2.34. The number of benzene rings is 1. The van der Waals surface area contributed by atoms with E-state index in [0.717, 1.165) is 31.2 Å². The molecule has 0 aliphatic carbocycles. The minimum atomic E-state index is -4.73. The molecule has 4 rings (SSSR count). The highest BCUT2D eigenvalue weighted by molar-refractivity contribution is 5.86. The summed E-state index contributed by atoms with van der Waals surface area (Å²) in [6.07, 6.45) is -0.442. The smallest absolute Gasteiger partial charge is 0.379 e. The van der Waals surface area contributed by atoms with Crippen LogP contribution in [0.15, 0.2) is 35.3 Å². The Labute approximate surface area is 260 Å². The number of piperidine rings is 1. The standard InChI is InChI=1S/C30H41F3N10O2/c31-30(32,33)28-40-24(42-15-9-20(10-16-42)2-1-3-26(44)37-13-14-39-29(35)36)18-25(41-28)43-17-11-23(43)27(45)38-12-8-21-4-6-22(19-34)7-5-21/h4-7,18,20,23,26,37,44H,1-3,8-17H2,(H,38,45)(H4,35,36,39)/t23-,26?/m0/s1. The van der Waals surface area contributed by atoms with Crippen LogP contribution in [-0.2, 0) is 17.4 Å². The maximum absolute atomic E-state index is 13.8. The maximum atomic E-state index is 13.8. The molecular weight excluding hydrogens is 589 g/mol. The molecular formula is C30H41F3N10O2. The second-order valence-corrected chi connectivity index (χ2v) is 11.4. The van der Waals surface area contributed by atoms with Gasteiger partial charge in [0.25, 0.3) is 0 Å². The minimum absolute atomic E-state index is 0.00563. The summed E-state index contributed by atoms with van der Waals surface area (Å²) in [6.45, 7) is 2.72. The van der Waals surface area contributed by atoms with Crippen LogP contribution in [0.2, 0.25) is 0 Å². The van der Waals surface area contributed by atoms with Crippen LogP contribution in [0.5, 0.6) is 0 Å². The number of halogens is 3. The molecule has 0 radical (unpaired) electrons. The van der Waals surface area contributed by atoms with Crippen LogP contribution in [0.25, 0.3) is 0 Å². The molecule has 2 aliphatic heterocycles. The van der Waals surface area contributed by atoms with Gasteiger partial charge >= 0.3 is 6.18 Å². The number of alkyl halides is 3. The number of hydrogen-bond donors (Lipinski definition) is 5. The van der Waals surface area contributed by atoms with Gasteiger partial charge in [-0.2, -0.15) is 18.4 Å². The number of nitriles is 1. The van der Waals surface area contributed by atoms with Crippen molar-refractivity contribution in [3.05, 3.63) is 47.3 Å². The number of hydrogen-bond acceptors (Lipinski definition) is 9. The number of aliphatic hydroxyl groups is 1. The highest BCUT2D eigenvalue weighted by Gasteiger charge is 2.40. The lowest BCUT2D eigenvalue weighted by Gasteiger charge is -2.41. The van der Waals surface area contributed by atoms with Crippen molar-refractivity contribution in [3.8, 4) is 6.07 Å². The van der Waals surface area contributed by atoms with E-state index in [-0.39, 0.29) is 23.5 Å². The van der Waals surface area contributed by atoms with Gasteiger partial charge in [0.2, 0.25) is 11.7 Å². The van der Waals surface area contributed by atoms with E-state index >= 15 is 0 Å². The van der Waals surface area contributed by atoms with Gasteiger partial charge in [0.15, 0.2) is 5.96 Å². The van der Waals surface area contributed by atoms with Gasteiger partial charge in [-0.1, -0.05) is 18.6 Å². The van der Waals surface area contributed by atoms with Gasteiger partial charge in [0, 0.05) is 38.8 Å². The van der Waals surface area contributed by atoms with Crippen LogP contribution < -0.4 is 31.9 Å². The summed E-state index contributed by atoms with van der Waals surface area (Å²) in [4.78, 5) is 27.9. The molecule has 1 unspecified atom stereocenters. The summed E-state index contributed by atoms with van der Waals surface area (Å²) < 4.78 is 41.5. The van der Waals surface area contributed by atoms with Gasteiger partial charge in [0.05, 0.1) is 18.2 Å². The van der Waals surface area contributed by atoms with E-state index in [0.29, 0.717) is 70.0 Å². The van der Waals surface area contributed by atoms with E-state index in [9.17, 15) is 23.1 Å². The van der Waals surface area contributed by atoms with Crippen LogP contribution in [0.3, 0.4) is 0 Å². The predicted molar refractivity (Wildman–Crippen MR) is 164 cm³/mol. The molecule has 2 aromatic rings. The van der Waals surface area contributed by atoms with Gasteiger partial charge < -0.3 is 31.7 Å². The van der Waals surface area contributed by atoms with Gasteiger partial charge in [-0.05, 0) is 62.1 Å². The van der Waals surface area contributed by atoms with E-state index in [1.807, 2.05) is 17.0 Å². The summed E-state index contributed by atoms with van der Waals surface area (Å²) in [6, 6.07) is 10.1. The number of nitrogens with one attached hydrogen (secondary N) is 2. The molecule has 1 aromatic carbocycles. The first-order valence-electron chi connectivity index (χ1n) is 15.2. The summed E-state index contributed by atoms with van der Waals surface area (Å²) >= 11 is 0. The van der Waals surface area contributed by atoms with Crippen LogP contribution >= 0.6 is 0 Å². The zero-order valence-electron chi connectivity index (χ0n) is 25.1. The highest BCUT2D eigenvalue weighted by atomic mass is 19.4. The van der Waals surface area contributed by atoms with Crippen LogP contribution in [0, 0.1) is 17.2 Å². The normalized spacial score (nSPS) is 17.7. The third-order valence-corrected chi connectivity index (χ3v) is 8.18. The fourth-order valence-electron chi connectivity index (χ4n) is 5.55. The Morgan fingerprint density at radius 3 is 2.44 bits per heavy atom. The average molecular weight is 631 g/mol. The first-order chi connectivity index (χ1) is 21.5. The third kappa shape index (κ3) is 9.92. The van der Waals surface area contributed by atoms with Crippen molar-refractivity contribution in [2.75, 3.05) is 49.1 Å². The molecule has 1 aromatic heterocycles. The van der Waals surface area contributed by atoms with E-state index in [2.05, 4.69) is 31.7 Å². The Kier molecular flexibility index (Phi) is 11.8. The van der Waals surface area contributed by atoms with Crippen molar-refractivity contribution in [2.45, 2.75) is 63.4 Å². The molecule has 0 bridgehead atoms. The zero-order valence-corrected chi connectivity index (χ0v) is 25.1. The molecule has 2 atom stereocenters. The summed E-state index contributed by atoms with van der Waals surface area (Å²) in [7, 11) is 0. The fraction of sp³-hybridized carbons (Fsp3) is 0.567. The Bertz CT molecular complexity index is 1340. The number of nitrogens with zero attached hydrogens (tertiary/aromatic N) is 6. The van der Waals surface area contributed by atoms with E-state index < -0.39 is 24.3 Å². The molecule has 1 amide bonds. The molecule has 2 saturated heterocycles. The lowest BCUT2D eigenvalue weighted by molar-refractivity contribution is -0.144. The molecule has 2 fully saturated rings. The summed E-state index contributed by atoms with van der Waals surface area (Å²) in [5, 5.41) is 24.9. The lowest BCUT2D eigenvalue weighted by Crippen LogP contribution is -2.57. The van der Waals surface area contributed by atoms with Crippen LogP contribution in [-0.4, -0.2) is 78.5 Å². The number of nitrogens with two attached hydrogens (primary N) is 2. The van der Waals surface area contributed by atoms with Crippen molar-refractivity contribution < 1.29 is 23.1 Å². The molecule has 244 valence electrons. The number of guanidine groups is 1. The molecule has 7 N–H and O–H groups in total. The predicted octanol–water partition coefficient (Wildman–Crippen LogP) is 1.87. The van der Waals surface area contributed by atoms with Crippen molar-refractivity contribution >= 4 is 23.5 Å². The van der Waals surface area contributed by atoms with Crippen molar-refractivity contribution in [1.82, 2.24) is 20.6 Å². The zero-order chi connectivity index (χ0) is 32.4. The molecule has 12 nitrogen and oxygen atoms in total. The van der Waals surface area contributed by atoms with E-state index in [4.69, 9.17) is 16.7 Å². The molecule has 0 spiro atoms. The number of anilines is 2. The van der Waals surface area contributed by atoms with Gasteiger partial charge in [-0.3, -0.25) is 15.1 Å². The number of carbonyl (C=O) groups is 1. The Morgan fingerprint density at radius 1 is 1.11 bits per heavy atom. The number of rotatable bonds is 14. The molecule has 3 heterocycles. The number of aromatic nitrogens is 2. The number of amides is 1. The number of aliphatic imine (C=N–C) groups is 1. The molecule has 15 heteroatoms. The molecule has 2 aliphatic rings. The Morgan fingerprint density at radius 2 is 1.82 bits per heavy atom. The lowest BCUT2D eigenvalue weighted by atomic mass is 9.91. The quantitative estimate of drug-likeness (QED) is 0.0895. The van der Waals surface area contributed by atoms with Crippen LogP contribution in [0.4, 0.5) is 24.8 Å². The van der Waals surface area contributed by atoms with Gasteiger partial charge in [0.1, 0.15) is 23.9 Å². The van der Waals surface area contributed by atoms with Crippen molar-refractivity contribution in [1.29, 1.82) is 5.26 Å². The van der Waals surface area contributed by atoms with E-state index in [1.165, 1.54) is 0 Å². The monoisotopic (exact) mass is 630 g/mol. The van der Waals surface area contributed by atoms with E-state index in [1.54, 1.807) is 23.1 Å². The van der Waals surface area contributed by atoms with Crippen LogP contribution in [0.1, 0.15) is 55.5 Å². The van der Waals surface area contributed by atoms with Gasteiger partial charge in [-0.25, -0.2) is 9.97 Å². The molecule has 45 heavy (non-hydrogen) atoms. The second-order valence-electron chi connectivity index (χ2n) is 11.4. The topological polar surface area (TPSA) is 182 Å². The van der Waals surface area contributed by atoms with Crippen molar-refractivity contribution in [3.63, 3.8) is 0 Å². The summed E-state index contributed by atoms with van der Waals surface area (Å²) in [5.41, 5.74) is 12.1. The Balaban J connectivity index is 1.29. The largest absolute Gasteiger partial charge is 0.451 e. The maximum Gasteiger partial charge on any atom is 0.451 e. The fourth-order valence-corrected chi connectivity index (χ4v) is 5.55. The van der Waals surface area contributed by atoms with Crippen molar-refractivity contribution in [2.24, 2.45) is 22.4 Å². The first-order valence-corrected chi connectivity index (χ1v) is 15.2. The summed E-state index contributed by atoms with van der Waals surface area (Å²) in [5.74, 6) is -0.784. The minimum Gasteiger partial charge on any atom is -0.379 e. The SMILES string of the molecule is N#Cc1ccc(CCNC(=O)[C@@H]2CCN2c2cc(N3CCC(CCCC(O)NCCN=C(N)N)CC3)nc(C(F)(F)F)n2)cc1. The Hall–Kier alpha value is -4.16. The first kappa shape index (κ1) is 33.7. The van der Waals surface area contributed by atoms with Gasteiger partial charge in [-0.15, -0.1) is 0 Å². The average Bonchev–Trinajstić information content (AvgIpc) is 2.99.